The van der Waals surface area contributed by atoms with Crippen molar-refractivity contribution < 1.29 is 0 Å². The Kier molecular flexibility index (Phi) is 2.64. The number of nitrogen functional groups attached to an aromatic ring is 1. The van der Waals surface area contributed by atoms with E-state index in [0.29, 0.717) is 5.82 Å². The zero-order valence-electron chi connectivity index (χ0n) is 7.68. The molecule has 6 heteroatoms. The van der Waals surface area contributed by atoms with E-state index < -0.39 is 0 Å². The highest BCUT2D eigenvalue weighted by Crippen LogP contribution is 2.16. The third-order valence-electron chi connectivity index (χ3n) is 1.77. The van der Waals surface area contributed by atoms with Crippen LogP contribution in [0.15, 0.2) is 30.3 Å². The zero-order chi connectivity index (χ0) is 10.7. The van der Waals surface area contributed by atoms with E-state index in [9.17, 15) is 0 Å². The molecule has 0 saturated carbocycles. The summed E-state index contributed by atoms with van der Waals surface area (Å²) >= 11 is 5.40. The van der Waals surface area contributed by atoms with Gasteiger partial charge in [0.05, 0.1) is 0 Å². The number of hydrogen-bond acceptors (Lipinski definition) is 5. The maximum absolute atomic E-state index is 5.51. The quantitative estimate of drug-likeness (QED) is 0.755. The van der Waals surface area contributed by atoms with Crippen LogP contribution in [0.2, 0.25) is 0 Å². The van der Waals surface area contributed by atoms with Crippen LogP contribution in [0.25, 0.3) is 11.4 Å². The second-order valence-electron chi connectivity index (χ2n) is 2.80. The summed E-state index contributed by atoms with van der Waals surface area (Å²) < 4.78 is 0. The molecule has 0 spiro atoms. The molecule has 0 atom stereocenters. The smallest absolute Gasteiger partial charge is 0.242 e. The van der Waals surface area contributed by atoms with E-state index in [2.05, 4.69) is 19.8 Å². The molecule has 15 heavy (non-hydrogen) atoms. The van der Waals surface area contributed by atoms with Gasteiger partial charge in [0.1, 0.15) is 0 Å². The third kappa shape index (κ3) is 2.13. The molecule has 0 fully saturated rings. The molecule has 1 aromatic heterocycles. The number of halogens is 1. The Morgan fingerprint density at radius 1 is 1.07 bits per heavy atom. The molecular formula is C9H8ClN5. The Morgan fingerprint density at radius 3 is 2.47 bits per heavy atom. The molecule has 76 valence electrons. The van der Waals surface area contributed by atoms with Gasteiger partial charge in [-0.15, -0.1) is 0 Å². The van der Waals surface area contributed by atoms with Crippen molar-refractivity contribution in [3.8, 4) is 11.4 Å². The number of nitrogens with one attached hydrogen (secondary N) is 1. The molecule has 2 rings (SSSR count). The molecule has 0 bridgehead atoms. The number of nitrogens with zero attached hydrogens (tertiary/aromatic N) is 3. The summed E-state index contributed by atoms with van der Waals surface area (Å²) in [7, 11) is 0. The molecule has 0 unspecified atom stereocenters. The number of hydrogen-bond donors (Lipinski definition) is 2. The number of anilines is 2. The molecule has 0 aliphatic carbocycles. The summed E-state index contributed by atoms with van der Waals surface area (Å²) in [5, 5.41) is 0. The average Bonchev–Trinajstić information content (AvgIpc) is 2.29. The van der Waals surface area contributed by atoms with Gasteiger partial charge in [-0.3, -0.25) is 4.84 Å². The second-order valence-corrected chi connectivity index (χ2v) is 2.99. The van der Waals surface area contributed by atoms with Crippen molar-refractivity contribution >= 4 is 23.7 Å². The highest BCUT2D eigenvalue weighted by molar-refractivity contribution is 6.23. The van der Waals surface area contributed by atoms with Gasteiger partial charge in [-0.2, -0.15) is 15.0 Å². The Bertz CT molecular complexity index is 459. The van der Waals surface area contributed by atoms with E-state index in [4.69, 9.17) is 17.5 Å². The lowest BCUT2D eigenvalue weighted by Gasteiger charge is -2.02. The molecule has 0 saturated heterocycles. The van der Waals surface area contributed by atoms with Gasteiger partial charge in [-0.1, -0.05) is 30.3 Å². The highest BCUT2D eigenvalue weighted by atomic mass is 35.5. The van der Waals surface area contributed by atoms with Gasteiger partial charge in [0.15, 0.2) is 5.82 Å². The van der Waals surface area contributed by atoms with Crippen LogP contribution in [0.5, 0.6) is 0 Å². The van der Waals surface area contributed by atoms with Crippen molar-refractivity contribution in [2.45, 2.75) is 0 Å². The predicted octanol–water partition coefficient (Wildman–Crippen LogP) is 1.69. The first kappa shape index (κ1) is 9.67. The van der Waals surface area contributed by atoms with Gasteiger partial charge in [0.25, 0.3) is 0 Å². The minimum atomic E-state index is 0.131. The summed E-state index contributed by atoms with van der Waals surface area (Å²) in [5.41, 5.74) is 6.37. The number of aromatic nitrogens is 3. The Hall–Kier alpha value is -1.88. The molecule has 0 amide bonds. The fourth-order valence-electron chi connectivity index (χ4n) is 1.15. The largest absolute Gasteiger partial charge is 0.368 e. The molecule has 5 nitrogen and oxygen atoms in total. The van der Waals surface area contributed by atoms with Gasteiger partial charge in [-0.25, -0.2) is 0 Å². The van der Waals surface area contributed by atoms with Crippen LogP contribution in [0.1, 0.15) is 0 Å². The van der Waals surface area contributed by atoms with Gasteiger partial charge >= 0.3 is 0 Å². The fraction of sp³-hybridized carbons (Fsp3) is 0. The van der Waals surface area contributed by atoms with E-state index in [1.165, 1.54) is 0 Å². The van der Waals surface area contributed by atoms with Gasteiger partial charge in [0, 0.05) is 17.3 Å². The normalized spacial score (nSPS) is 9.93. The van der Waals surface area contributed by atoms with E-state index >= 15 is 0 Å². The molecular weight excluding hydrogens is 214 g/mol. The van der Waals surface area contributed by atoms with Crippen LogP contribution < -0.4 is 10.6 Å². The van der Waals surface area contributed by atoms with Crippen LogP contribution in [-0.2, 0) is 0 Å². The first-order valence-electron chi connectivity index (χ1n) is 4.23. The molecule has 1 aromatic carbocycles. The molecule has 2 aromatic rings. The number of rotatable bonds is 2. The summed E-state index contributed by atoms with van der Waals surface area (Å²) in [4.78, 5) is 14.2. The Labute approximate surface area is 91.5 Å². The third-order valence-corrected chi connectivity index (χ3v) is 1.94. The van der Waals surface area contributed by atoms with Crippen molar-refractivity contribution in [3.63, 3.8) is 0 Å². The van der Waals surface area contributed by atoms with E-state index in [-0.39, 0.29) is 11.9 Å². The zero-order valence-corrected chi connectivity index (χ0v) is 8.44. The summed E-state index contributed by atoms with van der Waals surface area (Å²) in [6, 6.07) is 9.46. The standard InChI is InChI=1S/C9H8ClN5/c10-15-9-13-7(12-8(11)14-9)6-4-2-1-3-5-6/h1-5H,(H3,11,12,13,14,15). The SMILES string of the molecule is Nc1nc(NCl)nc(-c2ccccc2)n1. The first-order valence-corrected chi connectivity index (χ1v) is 4.61. The molecule has 3 N–H and O–H groups in total. The minimum absolute atomic E-state index is 0.131. The van der Waals surface area contributed by atoms with Crippen LogP contribution in [0, 0.1) is 0 Å². The molecule has 0 aliphatic rings. The van der Waals surface area contributed by atoms with E-state index in [1.807, 2.05) is 30.3 Å². The lowest BCUT2D eigenvalue weighted by Crippen LogP contribution is -2.02. The van der Waals surface area contributed by atoms with Gasteiger partial charge in [0.2, 0.25) is 11.9 Å². The van der Waals surface area contributed by atoms with Crippen molar-refractivity contribution in [3.05, 3.63) is 30.3 Å². The topological polar surface area (TPSA) is 76.7 Å². The maximum Gasteiger partial charge on any atom is 0.242 e. The number of benzene rings is 1. The molecule has 0 radical (unpaired) electrons. The van der Waals surface area contributed by atoms with Gasteiger partial charge < -0.3 is 5.73 Å². The minimum Gasteiger partial charge on any atom is -0.368 e. The van der Waals surface area contributed by atoms with E-state index in [1.54, 1.807) is 0 Å². The summed E-state index contributed by atoms with van der Waals surface area (Å²) in [5.74, 6) is 0.862. The van der Waals surface area contributed by atoms with E-state index in [0.717, 1.165) is 5.56 Å². The molecule has 0 aliphatic heterocycles. The second kappa shape index (κ2) is 4.10. The lowest BCUT2D eigenvalue weighted by molar-refractivity contribution is 1.09. The van der Waals surface area contributed by atoms with Crippen molar-refractivity contribution in [1.82, 2.24) is 15.0 Å². The van der Waals surface area contributed by atoms with Crippen LogP contribution in [-0.4, -0.2) is 15.0 Å². The average molecular weight is 222 g/mol. The number of nitrogens with two attached hydrogens (primary N) is 1. The van der Waals surface area contributed by atoms with Crippen LogP contribution in [0.4, 0.5) is 11.9 Å². The fourth-order valence-corrected chi connectivity index (χ4v) is 1.24. The van der Waals surface area contributed by atoms with Crippen LogP contribution in [0.3, 0.4) is 0 Å². The summed E-state index contributed by atoms with van der Waals surface area (Å²) in [6.45, 7) is 0. The highest BCUT2D eigenvalue weighted by Gasteiger charge is 2.04. The Morgan fingerprint density at radius 2 is 1.80 bits per heavy atom. The lowest BCUT2D eigenvalue weighted by atomic mass is 10.2. The first-order chi connectivity index (χ1) is 7.29. The molecule has 1 heterocycles. The van der Waals surface area contributed by atoms with Crippen molar-refractivity contribution in [1.29, 1.82) is 0 Å². The Balaban J connectivity index is 2.49. The predicted molar refractivity (Wildman–Crippen MR) is 59.2 cm³/mol. The van der Waals surface area contributed by atoms with Crippen LogP contribution >= 0.6 is 11.8 Å². The van der Waals surface area contributed by atoms with Crippen molar-refractivity contribution in [2.24, 2.45) is 0 Å². The summed E-state index contributed by atoms with van der Waals surface area (Å²) in [6.07, 6.45) is 0. The van der Waals surface area contributed by atoms with Crippen molar-refractivity contribution in [2.75, 3.05) is 10.6 Å². The monoisotopic (exact) mass is 221 g/mol. The van der Waals surface area contributed by atoms with Gasteiger partial charge in [-0.05, 0) is 0 Å². The maximum atomic E-state index is 5.51.